The van der Waals surface area contributed by atoms with E-state index in [0.29, 0.717) is 23.2 Å². The van der Waals surface area contributed by atoms with Crippen LogP contribution in [0.3, 0.4) is 0 Å². The van der Waals surface area contributed by atoms with E-state index in [4.69, 9.17) is 0 Å². The number of hydrogen-bond acceptors (Lipinski definition) is 6. The summed E-state index contributed by atoms with van der Waals surface area (Å²) < 4.78 is 0. The third kappa shape index (κ3) is 3.69. The number of rotatable bonds is 3. The molecule has 0 radical (unpaired) electrons. The quantitative estimate of drug-likeness (QED) is 0.670. The number of nitrogens with one attached hydrogen (secondary N) is 1. The number of non-ortho nitro benzene ring substituents is 1. The lowest BCUT2D eigenvalue weighted by atomic mass is 9.98. The Labute approximate surface area is 144 Å². The molecule has 128 valence electrons. The monoisotopic (exact) mass is 348 g/mol. The largest absolute Gasteiger partial charge is 0.371 e. The van der Waals surface area contributed by atoms with E-state index in [1.54, 1.807) is 6.07 Å². The van der Waals surface area contributed by atoms with E-state index in [1.165, 1.54) is 23.9 Å². The molecule has 0 aliphatic carbocycles. The van der Waals surface area contributed by atoms with Crippen molar-refractivity contribution in [2.75, 3.05) is 30.3 Å². The van der Waals surface area contributed by atoms with Crippen LogP contribution in [0.2, 0.25) is 0 Å². The van der Waals surface area contributed by atoms with Gasteiger partial charge in [0.1, 0.15) is 0 Å². The molecule has 1 fully saturated rings. The van der Waals surface area contributed by atoms with Crippen LogP contribution in [0.4, 0.5) is 11.4 Å². The second-order valence-electron chi connectivity index (χ2n) is 6.12. The molecule has 0 unspecified atom stereocenters. The van der Waals surface area contributed by atoms with Gasteiger partial charge in [0.15, 0.2) is 5.17 Å². The average molecular weight is 348 g/mol. The average Bonchev–Trinajstić information content (AvgIpc) is 3.08. The van der Waals surface area contributed by atoms with E-state index in [-0.39, 0.29) is 11.6 Å². The maximum Gasteiger partial charge on any atom is 0.270 e. The van der Waals surface area contributed by atoms with Crippen molar-refractivity contribution in [2.45, 2.75) is 19.8 Å². The van der Waals surface area contributed by atoms with Gasteiger partial charge in [-0.15, -0.1) is 0 Å². The predicted octanol–water partition coefficient (Wildman–Crippen LogP) is 2.66. The maximum atomic E-state index is 12.6. The molecule has 1 aromatic carbocycles. The van der Waals surface area contributed by atoms with Crippen molar-refractivity contribution in [1.82, 2.24) is 5.32 Å². The molecular weight excluding hydrogens is 328 g/mol. The Morgan fingerprint density at radius 3 is 2.79 bits per heavy atom. The molecule has 3 rings (SSSR count). The lowest BCUT2D eigenvalue weighted by Gasteiger charge is -2.33. The minimum Gasteiger partial charge on any atom is -0.371 e. The Morgan fingerprint density at radius 1 is 1.42 bits per heavy atom. The summed E-state index contributed by atoms with van der Waals surface area (Å²) in [5, 5.41) is 14.4. The summed E-state index contributed by atoms with van der Waals surface area (Å²) in [7, 11) is 0. The first-order valence-corrected chi connectivity index (χ1v) is 9.05. The molecule has 0 bridgehead atoms. The standard InChI is InChI=1S/C16H20N4O3S/c1-11-4-7-19(8-5-11)14-3-2-12(20(22)23)10-13(14)15(21)18-16-17-6-9-24-16/h2-3,10-11H,4-9H2,1H3,(H,17,18,21). The van der Waals surface area contributed by atoms with Crippen molar-refractivity contribution >= 4 is 34.2 Å². The van der Waals surface area contributed by atoms with Crippen LogP contribution in [-0.2, 0) is 0 Å². The highest BCUT2D eigenvalue weighted by molar-refractivity contribution is 8.14. The topological polar surface area (TPSA) is 87.8 Å². The highest BCUT2D eigenvalue weighted by Crippen LogP contribution is 2.29. The van der Waals surface area contributed by atoms with Crippen LogP contribution in [0.1, 0.15) is 30.1 Å². The maximum absolute atomic E-state index is 12.6. The van der Waals surface area contributed by atoms with Crippen LogP contribution >= 0.6 is 11.8 Å². The number of carbonyl (C=O) groups is 1. The van der Waals surface area contributed by atoms with Gasteiger partial charge in [0.25, 0.3) is 11.6 Å². The summed E-state index contributed by atoms with van der Waals surface area (Å²) in [6, 6.07) is 4.52. The molecule has 0 aromatic heterocycles. The van der Waals surface area contributed by atoms with Gasteiger partial charge in [-0.2, -0.15) is 0 Å². The molecule has 2 aliphatic rings. The molecule has 2 heterocycles. The smallest absolute Gasteiger partial charge is 0.270 e. The van der Waals surface area contributed by atoms with Gasteiger partial charge in [0.2, 0.25) is 0 Å². The van der Waals surface area contributed by atoms with E-state index in [0.717, 1.165) is 37.4 Å². The van der Waals surface area contributed by atoms with E-state index < -0.39 is 4.92 Å². The van der Waals surface area contributed by atoms with E-state index >= 15 is 0 Å². The molecule has 0 spiro atoms. The summed E-state index contributed by atoms with van der Waals surface area (Å²) in [6.07, 6.45) is 2.11. The van der Waals surface area contributed by atoms with Gasteiger partial charge in [0, 0.05) is 31.0 Å². The second kappa shape index (κ2) is 7.21. The molecule has 1 saturated heterocycles. The first kappa shape index (κ1) is 16.8. The summed E-state index contributed by atoms with van der Waals surface area (Å²) >= 11 is 1.49. The lowest BCUT2D eigenvalue weighted by molar-refractivity contribution is -0.384. The van der Waals surface area contributed by atoms with Gasteiger partial charge in [-0.1, -0.05) is 18.7 Å². The molecule has 2 aliphatic heterocycles. The number of amides is 1. The Morgan fingerprint density at radius 2 is 2.17 bits per heavy atom. The third-order valence-electron chi connectivity index (χ3n) is 4.37. The predicted molar refractivity (Wildman–Crippen MR) is 95.9 cm³/mol. The molecule has 0 atom stereocenters. The SMILES string of the molecule is CC1CCN(c2ccc([N+](=O)[O-])cc2C(=O)NC2=NCCS2)CC1. The van der Waals surface area contributed by atoms with Gasteiger partial charge in [-0.05, 0) is 24.8 Å². The number of carbonyl (C=O) groups excluding carboxylic acids is 1. The number of aliphatic imine (C=N–C) groups is 1. The number of piperidine rings is 1. The fourth-order valence-corrected chi connectivity index (χ4v) is 3.64. The van der Waals surface area contributed by atoms with Crippen LogP contribution in [-0.4, -0.2) is 41.4 Å². The lowest BCUT2D eigenvalue weighted by Crippen LogP contribution is -2.35. The van der Waals surface area contributed by atoms with Crippen LogP contribution < -0.4 is 10.2 Å². The number of hydrogen-bond donors (Lipinski definition) is 1. The summed E-state index contributed by atoms with van der Waals surface area (Å²) in [5.41, 5.74) is 1.03. The molecule has 1 N–H and O–H groups in total. The Kier molecular flexibility index (Phi) is 5.03. The van der Waals surface area contributed by atoms with E-state index in [1.807, 2.05) is 0 Å². The Balaban J connectivity index is 1.89. The van der Waals surface area contributed by atoms with Gasteiger partial charge in [-0.25, -0.2) is 0 Å². The minimum atomic E-state index is -0.472. The summed E-state index contributed by atoms with van der Waals surface area (Å²) in [6.45, 7) is 4.62. The van der Waals surface area contributed by atoms with Gasteiger partial charge in [0.05, 0.1) is 22.7 Å². The number of thioether (sulfide) groups is 1. The van der Waals surface area contributed by atoms with Crippen molar-refractivity contribution in [3.8, 4) is 0 Å². The summed E-state index contributed by atoms with van der Waals surface area (Å²) in [5.74, 6) is 1.18. The van der Waals surface area contributed by atoms with Crippen molar-refractivity contribution in [3.63, 3.8) is 0 Å². The summed E-state index contributed by atoms with van der Waals surface area (Å²) in [4.78, 5) is 29.6. The van der Waals surface area contributed by atoms with E-state index in [2.05, 4.69) is 22.1 Å². The van der Waals surface area contributed by atoms with E-state index in [9.17, 15) is 14.9 Å². The minimum absolute atomic E-state index is 0.0738. The van der Waals surface area contributed by atoms with Crippen molar-refractivity contribution < 1.29 is 9.72 Å². The van der Waals surface area contributed by atoms with Gasteiger partial charge < -0.3 is 10.2 Å². The molecule has 0 saturated carbocycles. The first-order chi connectivity index (χ1) is 11.5. The highest BCUT2D eigenvalue weighted by atomic mass is 32.2. The zero-order chi connectivity index (χ0) is 17.1. The second-order valence-corrected chi connectivity index (χ2v) is 7.20. The number of nitro benzene ring substituents is 1. The van der Waals surface area contributed by atoms with Gasteiger partial charge >= 0.3 is 0 Å². The number of benzene rings is 1. The molecule has 1 aromatic rings. The molecule has 24 heavy (non-hydrogen) atoms. The van der Waals surface area contributed by atoms with Crippen LogP contribution in [0, 0.1) is 16.0 Å². The third-order valence-corrected chi connectivity index (χ3v) is 5.26. The number of amidine groups is 1. The normalized spacial score (nSPS) is 18.4. The van der Waals surface area contributed by atoms with Crippen LogP contribution in [0.5, 0.6) is 0 Å². The van der Waals surface area contributed by atoms with Crippen LogP contribution in [0.15, 0.2) is 23.2 Å². The van der Waals surface area contributed by atoms with Crippen molar-refractivity contribution in [3.05, 3.63) is 33.9 Å². The van der Waals surface area contributed by atoms with Crippen molar-refractivity contribution in [2.24, 2.45) is 10.9 Å². The fourth-order valence-electron chi connectivity index (χ4n) is 2.92. The first-order valence-electron chi connectivity index (χ1n) is 8.06. The number of nitro groups is 1. The Bertz CT molecular complexity index is 684. The van der Waals surface area contributed by atoms with Gasteiger partial charge in [-0.3, -0.25) is 19.9 Å². The number of anilines is 1. The molecule has 8 heteroatoms. The highest BCUT2D eigenvalue weighted by Gasteiger charge is 2.24. The van der Waals surface area contributed by atoms with Crippen LogP contribution in [0.25, 0.3) is 0 Å². The van der Waals surface area contributed by atoms with Crippen molar-refractivity contribution in [1.29, 1.82) is 0 Å². The Hall–Kier alpha value is -2.09. The molecule has 1 amide bonds. The molecular formula is C16H20N4O3S. The molecule has 7 nitrogen and oxygen atoms in total. The fraction of sp³-hybridized carbons (Fsp3) is 0.500. The number of nitrogens with zero attached hydrogens (tertiary/aromatic N) is 3. The zero-order valence-electron chi connectivity index (χ0n) is 13.5. The zero-order valence-corrected chi connectivity index (χ0v) is 14.3.